The highest BCUT2D eigenvalue weighted by molar-refractivity contribution is 6.31. The number of carbonyl (C=O) groups excluding carboxylic acids is 3. The molecule has 0 aromatic heterocycles. The Morgan fingerprint density at radius 3 is 2.26 bits per heavy atom. The van der Waals surface area contributed by atoms with Gasteiger partial charge in [-0.1, -0.05) is 60.1 Å². The molecule has 0 radical (unpaired) electrons. The van der Waals surface area contributed by atoms with Crippen molar-refractivity contribution in [2.75, 3.05) is 6.61 Å². The van der Waals surface area contributed by atoms with Crippen LogP contribution in [0.3, 0.4) is 0 Å². The van der Waals surface area contributed by atoms with Gasteiger partial charge in [0.05, 0.1) is 0 Å². The summed E-state index contributed by atoms with van der Waals surface area (Å²) in [6, 6.07) is 22.1. The molecule has 0 atom stereocenters. The molecule has 7 nitrogen and oxygen atoms in total. The number of amides is 2. The number of benzene rings is 3. The molecule has 2 amide bonds. The van der Waals surface area contributed by atoms with Gasteiger partial charge in [0.25, 0.3) is 11.8 Å². The Morgan fingerprint density at radius 1 is 0.806 bits per heavy atom. The van der Waals surface area contributed by atoms with Crippen LogP contribution in [-0.4, -0.2) is 24.4 Å². The molecule has 2 N–H and O–H groups in total. The van der Waals surface area contributed by atoms with Crippen LogP contribution in [0.5, 0.6) is 5.75 Å². The van der Waals surface area contributed by atoms with E-state index in [0.717, 1.165) is 5.56 Å². The number of para-hydroxylation sites is 1. The third-order valence-electron chi connectivity index (χ3n) is 4.13. The number of carbonyl (C=O) groups is 3. The fraction of sp³-hybridized carbons (Fsp3) is 0.0870. The first kappa shape index (κ1) is 21.9. The predicted octanol–water partition coefficient (Wildman–Crippen LogP) is 3.54. The summed E-state index contributed by atoms with van der Waals surface area (Å²) in [6.45, 7) is -0.414. The highest BCUT2D eigenvalue weighted by Gasteiger charge is 2.16. The lowest BCUT2D eigenvalue weighted by molar-refractivity contribution is -0.125. The van der Waals surface area contributed by atoms with Crippen LogP contribution in [0.15, 0.2) is 78.9 Å². The van der Waals surface area contributed by atoms with Gasteiger partial charge in [0.2, 0.25) is 0 Å². The van der Waals surface area contributed by atoms with E-state index in [1.54, 1.807) is 54.6 Å². The molecule has 0 saturated heterocycles. The minimum atomic E-state index is -0.737. The van der Waals surface area contributed by atoms with Crippen molar-refractivity contribution in [3.8, 4) is 5.75 Å². The molecule has 31 heavy (non-hydrogen) atoms. The Morgan fingerprint density at radius 2 is 1.48 bits per heavy atom. The van der Waals surface area contributed by atoms with E-state index in [9.17, 15) is 14.4 Å². The van der Waals surface area contributed by atoms with Crippen LogP contribution in [0.4, 0.5) is 0 Å². The molecular formula is C23H19ClN2O5. The molecule has 0 aliphatic rings. The highest BCUT2D eigenvalue weighted by Crippen LogP contribution is 2.22. The largest absolute Gasteiger partial charge is 0.488 e. The molecule has 0 fully saturated rings. The van der Waals surface area contributed by atoms with E-state index in [-0.39, 0.29) is 12.2 Å². The van der Waals surface area contributed by atoms with Crippen LogP contribution < -0.4 is 15.6 Å². The summed E-state index contributed by atoms with van der Waals surface area (Å²) in [5.41, 5.74) is 5.75. The molecule has 0 spiro atoms. The summed E-state index contributed by atoms with van der Waals surface area (Å²) in [7, 11) is 0. The molecule has 0 unspecified atom stereocenters. The number of esters is 1. The summed E-state index contributed by atoms with van der Waals surface area (Å²) >= 11 is 6.12. The van der Waals surface area contributed by atoms with Crippen LogP contribution in [0.2, 0.25) is 5.02 Å². The molecule has 0 heterocycles. The van der Waals surface area contributed by atoms with Gasteiger partial charge in [-0.05, 0) is 30.3 Å². The van der Waals surface area contributed by atoms with Crippen LogP contribution in [-0.2, 0) is 16.1 Å². The quantitative estimate of drug-likeness (QED) is 0.434. The Kier molecular flexibility index (Phi) is 7.61. The maximum atomic E-state index is 12.4. The monoisotopic (exact) mass is 438 g/mol. The van der Waals surface area contributed by atoms with Crippen LogP contribution in [0.1, 0.15) is 26.3 Å². The molecule has 3 aromatic carbocycles. The van der Waals surface area contributed by atoms with Crippen molar-refractivity contribution in [1.82, 2.24) is 10.9 Å². The summed E-state index contributed by atoms with van der Waals surface area (Å²) in [5, 5.41) is 0.553. The van der Waals surface area contributed by atoms with Gasteiger partial charge in [-0.25, -0.2) is 4.79 Å². The predicted molar refractivity (Wildman–Crippen MR) is 115 cm³/mol. The van der Waals surface area contributed by atoms with Gasteiger partial charge >= 0.3 is 5.97 Å². The molecule has 158 valence electrons. The number of hydrogen-bond acceptors (Lipinski definition) is 5. The van der Waals surface area contributed by atoms with Crippen LogP contribution >= 0.6 is 11.6 Å². The molecular weight excluding hydrogens is 420 g/mol. The minimum absolute atomic E-state index is 0.163. The number of ether oxygens (including phenoxy) is 2. The second-order valence-corrected chi connectivity index (χ2v) is 6.73. The summed E-state index contributed by atoms with van der Waals surface area (Å²) < 4.78 is 10.8. The third kappa shape index (κ3) is 6.32. The Labute approximate surface area is 183 Å². The van der Waals surface area contributed by atoms with Crippen molar-refractivity contribution in [1.29, 1.82) is 0 Å². The minimum Gasteiger partial charge on any atom is -0.488 e. The summed E-state index contributed by atoms with van der Waals surface area (Å²) in [6.07, 6.45) is 0. The smallest absolute Gasteiger partial charge is 0.342 e. The van der Waals surface area contributed by atoms with E-state index in [1.807, 2.05) is 18.2 Å². The SMILES string of the molecule is O=C(COC(=O)c1ccccc1OCc1ccccc1Cl)NNC(=O)c1ccccc1. The second-order valence-electron chi connectivity index (χ2n) is 6.32. The van der Waals surface area contributed by atoms with Gasteiger partial charge in [-0.15, -0.1) is 0 Å². The first-order valence-corrected chi connectivity index (χ1v) is 9.69. The fourth-order valence-corrected chi connectivity index (χ4v) is 2.76. The Bertz CT molecular complexity index is 1070. The number of rotatable bonds is 7. The summed E-state index contributed by atoms with van der Waals surface area (Å²) in [5.74, 6) is -1.62. The molecule has 0 aliphatic heterocycles. The molecule has 3 rings (SSSR count). The fourth-order valence-electron chi connectivity index (χ4n) is 2.57. The zero-order valence-electron chi connectivity index (χ0n) is 16.3. The number of hydrogen-bond donors (Lipinski definition) is 2. The first-order chi connectivity index (χ1) is 15.0. The van der Waals surface area contributed by atoms with E-state index in [0.29, 0.717) is 16.3 Å². The lowest BCUT2D eigenvalue weighted by Gasteiger charge is -2.12. The van der Waals surface area contributed by atoms with E-state index < -0.39 is 24.4 Å². The Balaban J connectivity index is 1.51. The van der Waals surface area contributed by atoms with Crippen molar-refractivity contribution in [3.05, 3.63) is 101 Å². The van der Waals surface area contributed by atoms with E-state index in [4.69, 9.17) is 21.1 Å². The topological polar surface area (TPSA) is 93.7 Å². The van der Waals surface area contributed by atoms with Gasteiger partial charge < -0.3 is 9.47 Å². The average molecular weight is 439 g/mol. The molecule has 8 heteroatoms. The van der Waals surface area contributed by atoms with Crippen molar-refractivity contribution >= 4 is 29.4 Å². The number of hydrazine groups is 1. The van der Waals surface area contributed by atoms with Gasteiger partial charge in [-0.2, -0.15) is 0 Å². The number of nitrogens with one attached hydrogen (secondary N) is 2. The molecule has 0 saturated carbocycles. The van der Waals surface area contributed by atoms with Crippen molar-refractivity contribution in [2.24, 2.45) is 0 Å². The maximum Gasteiger partial charge on any atom is 0.342 e. The zero-order chi connectivity index (χ0) is 22.1. The summed E-state index contributed by atoms with van der Waals surface area (Å²) in [4.78, 5) is 36.2. The van der Waals surface area contributed by atoms with Crippen molar-refractivity contribution in [3.63, 3.8) is 0 Å². The van der Waals surface area contributed by atoms with E-state index >= 15 is 0 Å². The van der Waals surface area contributed by atoms with E-state index in [2.05, 4.69) is 10.9 Å². The van der Waals surface area contributed by atoms with E-state index in [1.165, 1.54) is 6.07 Å². The standard InChI is InChI=1S/C23H19ClN2O5/c24-19-12-6-4-10-17(19)14-30-20-13-7-5-11-18(20)23(29)31-15-21(27)25-26-22(28)16-8-2-1-3-9-16/h1-13H,14-15H2,(H,25,27)(H,26,28). The molecule has 0 bridgehead atoms. The average Bonchev–Trinajstić information content (AvgIpc) is 2.81. The van der Waals surface area contributed by atoms with Gasteiger partial charge in [0, 0.05) is 16.1 Å². The normalized spacial score (nSPS) is 10.1. The molecule has 3 aromatic rings. The highest BCUT2D eigenvalue weighted by atomic mass is 35.5. The van der Waals surface area contributed by atoms with Gasteiger partial charge in [-0.3, -0.25) is 20.4 Å². The zero-order valence-corrected chi connectivity index (χ0v) is 17.1. The number of halogens is 1. The van der Waals surface area contributed by atoms with Crippen LogP contribution in [0.25, 0.3) is 0 Å². The Hall–Kier alpha value is -3.84. The maximum absolute atomic E-state index is 12.4. The second kappa shape index (κ2) is 10.8. The lowest BCUT2D eigenvalue weighted by Crippen LogP contribution is -2.43. The van der Waals surface area contributed by atoms with Crippen LogP contribution in [0, 0.1) is 0 Å². The van der Waals surface area contributed by atoms with Gasteiger partial charge in [0.15, 0.2) is 6.61 Å². The van der Waals surface area contributed by atoms with Gasteiger partial charge in [0.1, 0.15) is 17.9 Å². The van der Waals surface area contributed by atoms with Crippen molar-refractivity contribution in [2.45, 2.75) is 6.61 Å². The van der Waals surface area contributed by atoms with Crippen molar-refractivity contribution < 1.29 is 23.9 Å². The first-order valence-electron chi connectivity index (χ1n) is 9.31. The lowest BCUT2D eigenvalue weighted by atomic mass is 10.2. The molecule has 0 aliphatic carbocycles. The third-order valence-corrected chi connectivity index (χ3v) is 4.50.